The molecule has 1 amide bonds. The molecule has 2 aromatic carbocycles. The summed E-state index contributed by atoms with van der Waals surface area (Å²) in [5.74, 6) is 0.724. The van der Waals surface area contributed by atoms with E-state index in [1.807, 2.05) is 44.2 Å². The van der Waals surface area contributed by atoms with Crippen LogP contribution in [0.15, 0.2) is 42.5 Å². The third-order valence-corrected chi connectivity index (χ3v) is 3.84. The van der Waals surface area contributed by atoms with Crippen LogP contribution in [0, 0.1) is 13.8 Å². The number of amides is 1. The van der Waals surface area contributed by atoms with Gasteiger partial charge in [-0.2, -0.15) is 0 Å². The zero-order chi connectivity index (χ0) is 18.9. The summed E-state index contributed by atoms with van der Waals surface area (Å²) in [6.45, 7) is 5.32. The van der Waals surface area contributed by atoms with Crippen LogP contribution >= 0.6 is 0 Å². The lowest BCUT2D eigenvalue weighted by molar-refractivity contribution is 0.0995. The lowest BCUT2D eigenvalue weighted by Gasteiger charge is -2.15. The van der Waals surface area contributed by atoms with Gasteiger partial charge in [-0.3, -0.25) is 4.79 Å². The summed E-state index contributed by atoms with van der Waals surface area (Å²) in [5.41, 5.74) is 7.71. The largest absolute Gasteiger partial charge is 0.491 e. The number of carbonyl (C=O) groups is 1. The van der Waals surface area contributed by atoms with E-state index in [1.165, 1.54) is 0 Å². The molecule has 2 aromatic rings. The van der Waals surface area contributed by atoms with Gasteiger partial charge in [-0.1, -0.05) is 29.8 Å². The number of rotatable bonds is 10. The molecule has 0 saturated heterocycles. The third kappa shape index (κ3) is 6.06. The van der Waals surface area contributed by atoms with E-state index in [0.29, 0.717) is 31.0 Å². The molecular formula is C20H26N2O4. The van der Waals surface area contributed by atoms with Crippen LogP contribution in [-0.2, 0) is 0 Å². The minimum absolute atomic E-state index is 0.211. The van der Waals surface area contributed by atoms with E-state index < -0.39 is 12.0 Å². The highest BCUT2D eigenvalue weighted by molar-refractivity contribution is 5.95. The fourth-order valence-corrected chi connectivity index (χ4v) is 2.43. The maximum Gasteiger partial charge on any atom is 0.252 e. The van der Waals surface area contributed by atoms with Gasteiger partial charge in [0.05, 0.1) is 5.56 Å². The Morgan fingerprint density at radius 3 is 2.65 bits per heavy atom. The number of carbonyl (C=O) groups excluding carboxylic acids is 1. The van der Waals surface area contributed by atoms with Gasteiger partial charge in [0.1, 0.15) is 30.8 Å². The van der Waals surface area contributed by atoms with Crippen molar-refractivity contribution in [2.45, 2.75) is 20.0 Å². The van der Waals surface area contributed by atoms with E-state index >= 15 is 0 Å². The number of benzene rings is 2. The van der Waals surface area contributed by atoms with Gasteiger partial charge in [0.2, 0.25) is 0 Å². The number of hydrogen-bond donors (Lipinski definition) is 3. The average Bonchev–Trinajstić information content (AvgIpc) is 2.61. The van der Waals surface area contributed by atoms with Crippen LogP contribution in [0.4, 0.5) is 0 Å². The zero-order valence-corrected chi connectivity index (χ0v) is 15.2. The van der Waals surface area contributed by atoms with Crippen LogP contribution in [-0.4, -0.2) is 43.4 Å². The van der Waals surface area contributed by atoms with Crippen molar-refractivity contribution in [1.82, 2.24) is 5.32 Å². The first-order valence-corrected chi connectivity index (χ1v) is 8.58. The molecule has 0 bridgehead atoms. The van der Waals surface area contributed by atoms with Crippen LogP contribution in [0.2, 0.25) is 0 Å². The summed E-state index contributed by atoms with van der Waals surface area (Å²) in [6.07, 6.45) is -0.629. The van der Waals surface area contributed by atoms with Gasteiger partial charge in [0.25, 0.3) is 5.91 Å². The second-order valence-corrected chi connectivity index (χ2v) is 6.15. The molecule has 0 aliphatic carbocycles. The molecule has 1 atom stereocenters. The van der Waals surface area contributed by atoms with Gasteiger partial charge in [-0.25, -0.2) is 0 Å². The minimum Gasteiger partial charge on any atom is -0.491 e. The van der Waals surface area contributed by atoms with E-state index in [4.69, 9.17) is 15.2 Å². The Morgan fingerprint density at radius 2 is 1.92 bits per heavy atom. The second kappa shape index (κ2) is 9.79. The smallest absolute Gasteiger partial charge is 0.252 e. The van der Waals surface area contributed by atoms with Gasteiger partial charge in [-0.15, -0.1) is 0 Å². The standard InChI is InChI=1S/C20H26N2O4/c1-14-7-8-19(17(11-14)20(21)24)25-10-9-22-12-16(23)13-26-18-6-4-3-5-15(18)2/h3-8,11,16,22-23H,9-10,12-13H2,1-2H3,(H2,21,24). The Balaban J connectivity index is 1.68. The van der Waals surface area contributed by atoms with E-state index in [-0.39, 0.29) is 6.61 Å². The van der Waals surface area contributed by atoms with Crippen molar-refractivity contribution < 1.29 is 19.4 Å². The Kier molecular flexibility index (Phi) is 7.44. The molecule has 0 radical (unpaired) electrons. The molecule has 0 heterocycles. The molecule has 6 heteroatoms. The van der Waals surface area contributed by atoms with Gasteiger partial charge in [0.15, 0.2) is 0 Å². The summed E-state index contributed by atoms with van der Waals surface area (Å²) < 4.78 is 11.2. The lowest BCUT2D eigenvalue weighted by atomic mass is 10.1. The van der Waals surface area contributed by atoms with Gasteiger partial charge in [-0.05, 0) is 37.6 Å². The molecular weight excluding hydrogens is 332 g/mol. The van der Waals surface area contributed by atoms with E-state index in [9.17, 15) is 9.90 Å². The summed E-state index contributed by atoms with van der Waals surface area (Å²) >= 11 is 0. The van der Waals surface area contributed by atoms with E-state index in [2.05, 4.69) is 5.32 Å². The van der Waals surface area contributed by atoms with Crippen molar-refractivity contribution in [1.29, 1.82) is 0 Å². The average molecular weight is 358 g/mol. The topological polar surface area (TPSA) is 93.8 Å². The lowest BCUT2D eigenvalue weighted by Crippen LogP contribution is -2.33. The number of nitrogens with two attached hydrogens (primary N) is 1. The minimum atomic E-state index is -0.629. The highest BCUT2D eigenvalue weighted by atomic mass is 16.5. The van der Waals surface area contributed by atoms with Gasteiger partial charge in [0, 0.05) is 13.1 Å². The maximum absolute atomic E-state index is 11.4. The Hall–Kier alpha value is -2.57. The summed E-state index contributed by atoms with van der Waals surface area (Å²) in [4.78, 5) is 11.4. The molecule has 6 nitrogen and oxygen atoms in total. The Labute approximate surface area is 153 Å². The SMILES string of the molecule is Cc1ccc(OCCNCC(O)COc2ccccc2C)c(C(N)=O)c1. The molecule has 0 saturated carbocycles. The van der Waals surface area contributed by atoms with Crippen molar-refractivity contribution >= 4 is 5.91 Å². The molecule has 0 aliphatic heterocycles. The second-order valence-electron chi connectivity index (χ2n) is 6.15. The molecule has 0 aliphatic rings. The van der Waals surface area contributed by atoms with Crippen LogP contribution in [0.5, 0.6) is 11.5 Å². The third-order valence-electron chi connectivity index (χ3n) is 3.84. The van der Waals surface area contributed by atoms with E-state index in [1.54, 1.807) is 12.1 Å². The Bertz CT molecular complexity index is 734. The summed E-state index contributed by atoms with van der Waals surface area (Å²) in [6, 6.07) is 13.0. The summed E-state index contributed by atoms with van der Waals surface area (Å²) in [5, 5.41) is 13.1. The first-order valence-electron chi connectivity index (χ1n) is 8.58. The number of primary amides is 1. The number of aryl methyl sites for hydroxylation is 2. The molecule has 0 spiro atoms. The number of ether oxygens (including phenoxy) is 2. The normalized spacial score (nSPS) is 11.8. The van der Waals surface area contributed by atoms with Gasteiger partial charge < -0.3 is 25.6 Å². The molecule has 4 N–H and O–H groups in total. The molecule has 0 aromatic heterocycles. The first-order chi connectivity index (χ1) is 12.5. The number of hydrogen-bond acceptors (Lipinski definition) is 5. The molecule has 140 valence electrons. The van der Waals surface area contributed by atoms with Gasteiger partial charge >= 0.3 is 0 Å². The fourth-order valence-electron chi connectivity index (χ4n) is 2.43. The van der Waals surface area contributed by atoms with Crippen LogP contribution < -0.4 is 20.5 Å². The number of aliphatic hydroxyl groups is 1. The highest BCUT2D eigenvalue weighted by Gasteiger charge is 2.10. The fraction of sp³-hybridized carbons (Fsp3) is 0.350. The predicted molar refractivity (Wildman–Crippen MR) is 101 cm³/mol. The quantitative estimate of drug-likeness (QED) is 0.563. The van der Waals surface area contributed by atoms with E-state index in [0.717, 1.165) is 16.9 Å². The number of para-hydroxylation sites is 1. The monoisotopic (exact) mass is 358 g/mol. The van der Waals surface area contributed by atoms with Crippen LogP contribution in [0.1, 0.15) is 21.5 Å². The zero-order valence-electron chi connectivity index (χ0n) is 15.2. The first kappa shape index (κ1) is 19.8. The number of nitrogens with one attached hydrogen (secondary N) is 1. The number of aliphatic hydroxyl groups excluding tert-OH is 1. The van der Waals surface area contributed by atoms with Crippen molar-refractivity contribution in [3.8, 4) is 11.5 Å². The van der Waals surface area contributed by atoms with Crippen molar-refractivity contribution in [2.75, 3.05) is 26.3 Å². The molecule has 1 unspecified atom stereocenters. The predicted octanol–water partition coefficient (Wildman–Crippen LogP) is 1.81. The summed E-state index contributed by atoms with van der Waals surface area (Å²) in [7, 11) is 0. The molecule has 2 rings (SSSR count). The maximum atomic E-state index is 11.4. The molecule has 0 fully saturated rings. The highest BCUT2D eigenvalue weighted by Crippen LogP contribution is 2.19. The van der Waals surface area contributed by atoms with Crippen LogP contribution in [0.3, 0.4) is 0 Å². The van der Waals surface area contributed by atoms with Crippen molar-refractivity contribution in [3.63, 3.8) is 0 Å². The van der Waals surface area contributed by atoms with Crippen LogP contribution in [0.25, 0.3) is 0 Å². The Morgan fingerprint density at radius 1 is 1.15 bits per heavy atom. The van der Waals surface area contributed by atoms with Crippen molar-refractivity contribution in [3.05, 3.63) is 59.2 Å². The van der Waals surface area contributed by atoms with Crippen molar-refractivity contribution in [2.24, 2.45) is 5.73 Å². The molecule has 26 heavy (non-hydrogen) atoms.